The molecule has 1 aromatic carbocycles. The van der Waals surface area contributed by atoms with E-state index in [4.69, 9.17) is 0 Å². The van der Waals surface area contributed by atoms with Gasteiger partial charge in [0.2, 0.25) is 0 Å². The van der Waals surface area contributed by atoms with Crippen LogP contribution in [0.15, 0.2) is 24.4 Å². The predicted octanol–water partition coefficient (Wildman–Crippen LogP) is 2.72. The van der Waals surface area contributed by atoms with Crippen molar-refractivity contribution in [3.63, 3.8) is 0 Å². The van der Waals surface area contributed by atoms with E-state index in [1.807, 2.05) is 39.0 Å². The van der Waals surface area contributed by atoms with Crippen molar-refractivity contribution in [3.05, 3.63) is 35.5 Å². The number of aromatic nitrogens is 1. The summed E-state index contributed by atoms with van der Waals surface area (Å²) < 4.78 is 32.9. The second kappa shape index (κ2) is 3.85. The smallest absolute Gasteiger partial charge is 0.269 e. The Hall–Kier alpha value is -1.33. The normalized spacial score (nSPS) is 12.5. The number of aryl methyl sites for hydroxylation is 1. The molecule has 17 heavy (non-hydrogen) atoms. The summed E-state index contributed by atoms with van der Waals surface area (Å²) in [5.41, 5.74) is 2.32. The van der Waals surface area contributed by atoms with Gasteiger partial charge in [0.15, 0.2) is 0 Å². The van der Waals surface area contributed by atoms with E-state index >= 15 is 0 Å². The Labute approximate surface area is 101 Å². The molecule has 4 nitrogen and oxygen atoms in total. The first kappa shape index (κ1) is 12.1. The van der Waals surface area contributed by atoms with Gasteiger partial charge >= 0.3 is 10.3 Å². The van der Waals surface area contributed by atoms with E-state index in [-0.39, 0.29) is 5.92 Å². The molecule has 0 aliphatic rings. The lowest BCUT2D eigenvalue weighted by atomic mass is 10.00. The molecule has 0 aliphatic carbocycles. The maximum Gasteiger partial charge on any atom is 0.363 e. The Morgan fingerprint density at radius 1 is 1.29 bits per heavy atom. The summed E-state index contributed by atoms with van der Waals surface area (Å²) in [6.45, 7) is 5.81. The minimum atomic E-state index is -4.25. The number of rotatable bonds is 2. The van der Waals surface area contributed by atoms with Gasteiger partial charge in [0.05, 0.1) is 5.52 Å². The Morgan fingerprint density at radius 2 is 1.94 bits per heavy atom. The zero-order valence-corrected chi connectivity index (χ0v) is 10.8. The maximum atomic E-state index is 11.4. The van der Waals surface area contributed by atoms with E-state index in [2.05, 4.69) is 0 Å². The van der Waals surface area contributed by atoms with Crippen molar-refractivity contribution < 1.29 is 13.0 Å². The Morgan fingerprint density at radius 3 is 2.47 bits per heavy atom. The lowest BCUT2D eigenvalue weighted by molar-refractivity contribution is 0.474. The first-order chi connectivity index (χ1) is 7.82. The average Bonchev–Trinajstić information content (AvgIpc) is 2.56. The lowest BCUT2D eigenvalue weighted by Gasteiger charge is -2.10. The second-order valence-corrected chi connectivity index (χ2v) is 5.77. The van der Waals surface area contributed by atoms with Crippen molar-refractivity contribution >= 4 is 21.2 Å². The molecule has 0 saturated carbocycles. The summed E-state index contributed by atoms with van der Waals surface area (Å²) in [5, 5.41) is 0.855. The maximum absolute atomic E-state index is 11.4. The lowest BCUT2D eigenvalue weighted by Crippen LogP contribution is -2.10. The summed E-state index contributed by atoms with van der Waals surface area (Å²) in [6.07, 6.45) is 1.45. The molecule has 0 atom stereocenters. The molecule has 0 unspecified atom stereocenters. The van der Waals surface area contributed by atoms with Crippen LogP contribution in [0.1, 0.15) is 30.9 Å². The van der Waals surface area contributed by atoms with Crippen molar-refractivity contribution in [2.75, 3.05) is 0 Å². The largest absolute Gasteiger partial charge is 0.363 e. The first-order valence-corrected chi connectivity index (χ1v) is 6.80. The molecule has 1 aromatic heterocycles. The van der Waals surface area contributed by atoms with Gasteiger partial charge in [-0.05, 0) is 24.0 Å². The Bertz CT molecular complexity index is 668. The molecule has 0 fully saturated rings. The summed E-state index contributed by atoms with van der Waals surface area (Å²) >= 11 is 0. The van der Waals surface area contributed by atoms with Gasteiger partial charge in [0, 0.05) is 11.6 Å². The molecule has 0 saturated heterocycles. The van der Waals surface area contributed by atoms with Crippen LogP contribution >= 0.6 is 0 Å². The van der Waals surface area contributed by atoms with Crippen molar-refractivity contribution in [2.24, 2.45) is 0 Å². The van der Waals surface area contributed by atoms with E-state index < -0.39 is 10.3 Å². The average molecular weight is 253 g/mol. The van der Waals surface area contributed by atoms with Crippen LogP contribution in [-0.4, -0.2) is 16.9 Å². The highest BCUT2D eigenvalue weighted by Crippen LogP contribution is 2.29. The molecule has 1 heterocycles. The highest BCUT2D eigenvalue weighted by atomic mass is 32.2. The molecule has 5 heteroatoms. The fraction of sp³-hybridized carbons (Fsp3) is 0.333. The number of para-hydroxylation sites is 1. The van der Waals surface area contributed by atoms with Crippen LogP contribution in [0.3, 0.4) is 0 Å². The summed E-state index contributed by atoms with van der Waals surface area (Å²) in [5.74, 6) is 0.188. The molecule has 2 rings (SSSR count). The van der Waals surface area contributed by atoms with Crippen LogP contribution in [0.2, 0.25) is 0 Å². The minimum Gasteiger partial charge on any atom is -0.269 e. The third-order valence-electron chi connectivity index (χ3n) is 2.89. The van der Waals surface area contributed by atoms with Gasteiger partial charge in [-0.2, -0.15) is 8.42 Å². The van der Waals surface area contributed by atoms with E-state index in [1.54, 1.807) is 0 Å². The number of hydrogen-bond acceptors (Lipinski definition) is 2. The van der Waals surface area contributed by atoms with E-state index in [1.165, 1.54) is 6.20 Å². The quantitative estimate of drug-likeness (QED) is 0.837. The van der Waals surface area contributed by atoms with Crippen molar-refractivity contribution in [1.82, 2.24) is 3.97 Å². The molecule has 0 bridgehead atoms. The summed E-state index contributed by atoms with van der Waals surface area (Å²) in [4.78, 5) is 0. The van der Waals surface area contributed by atoms with Gasteiger partial charge < -0.3 is 0 Å². The Kier molecular flexibility index (Phi) is 2.75. The highest BCUT2D eigenvalue weighted by molar-refractivity contribution is 7.84. The van der Waals surface area contributed by atoms with E-state index in [9.17, 15) is 13.0 Å². The zero-order valence-electron chi connectivity index (χ0n) is 10.0. The molecule has 0 radical (unpaired) electrons. The highest BCUT2D eigenvalue weighted by Gasteiger charge is 2.18. The van der Waals surface area contributed by atoms with E-state index in [0.29, 0.717) is 5.52 Å². The molecule has 0 spiro atoms. The van der Waals surface area contributed by atoms with Gasteiger partial charge in [-0.1, -0.05) is 32.0 Å². The van der Waals surface area contributed by atoms with Crippen LogP contribution < -0.4 is 0 Å². The Balaban J connectivity index is 2.97. The van der Waals surface area contributed by atoms with Gasteiger partial charge in [-0.25, -0.2) is 3.97 Å². The van der Waals surface area contributed by atoms with Crippen LogP contribution in [0.4, 0.5) is 0 Å². The monoisotopic (exact) mass is 253 g/mol. The van der Waals surface area contributed by atoms with Crippen molar-refractivity contribution in [1.29, 1.82) is 0 Å². The molecule has 0 aliphatic heterocycles. The molecular weight excluding hydrogens is 238 g/mol. The van der Waals surface area contributed by atoms with Crippen molar-refractivity contribution in [2.45, 2.75) is 26.7 Å². The summed E-state index contributed by atoms with van der Waals surface area (Å²) in [6, 6.07) is 5.64. The summed E-state index contributed by atoms with van der Waals surface area (Å²) in [7, 11) is -4.25. The van der Waals surface area contributed by atoms with Crippen molar-refractivity contribution in [3.8, 4) is 0 Å². The molecule has 2 aromatic rings. The number of hydrogen-bond donors (Lipinski definition) is 1. The number of nitrogens with zero attached hydrogens (tertiary/aromatic N) is 1. The van der Waals surface area contributed by atoms with Crippen LogP contribution in [0.25, 0.3) is 10.9 Å². The minimum absolute atomic E-state index is 0.188. The molecule has 1 N–H and O–H groups in total. The fourth-order valence-electron chi connectivity index (χ4n) is 2.08. The topological polar surface area (TPSA) is 59.3 Å². The number of benzene rings is 1. The molecular formula is C12H15NO3S. The van der Waals surface area contributed by atoms with Crippen LogP contribution in [0, 0.1) is 6.92 Å². The van der Waals surface area contributed by atoms with Gasteiger partial charge in [-0.3, -0.25) is 4.55 Å². The van der Waals surface area contributed by atoms with Gasteiger partial charge in [-0.15, -0.1) is 0 Å². The van der Waals surface area contributed by atoms with Gasteiger partial charge in [0.1, 0.15) is 0 Å². The number of fused-ring (bicyclic) bond motifs is 1. The van der Waals surface area contributed by atoms with E-state index in [0.717, 1.165) is 20.5 Å². The molecule has 0 amide bonds. The van der Waals surface area contributed by atoms with Gasteiger partial charge in [0.25, 0.3) is 0 Å². The van der Waals surface area contributed by atoms with Crippen LogP contribution in [0.5, 0.6) is 0 Å². The fourth-order valence-corrected chi connectivity index (χ4v) is 2.81. The first-order valence-electron chi connectivity index (χ1n) is 5.41. The SMILES string of the molecule is Cc1cn(S(=O)(=O)O)c2c(C(C)C)cccc12. The third-order valence-corrected chi connectivity index (χ3v) is 3.68. The second-order valence-electron chi connectivity index (χ2n) is 4.48. The third kappa shape index (κ3) is 1.96. The standard InChI is InChI=1S/C12H15NO3S/c1-8(2)10-5-4-6-11-9(3)7-13(12(10)11)17(14,15)16/h4-8H,1-3H3,(H,14,15,16). The molecule has 92 valence electrons. The predicted molar refractivity (Wildman–Crippen MR) is 67.7 cm³/mol. The van der Waals surface area contributed by atoms with Crippen LogP contribution in [-0.2, 0) is 10.3 Å². The zero-order chi connectivity index (χ0) is 12.8.